The number of alkyl halides is 1. The first-order valence-electron chi connectivity index (χ1n) is 24.4. The van der Waals surface area contributed by atoms with Gasteiger partial charge in [-0.15, -0.1) is 11.3 Å². The molecule has 72 heavy (non-hydrogen) atoms. The van der Waals surface area contributed by atoms with E-state index in [1.807, 2.05) is 11.8 Å². The molecule has 7 N–H and O–H groups in total. The summed E-state index contributed by atoms with van der Waals surface area (Å²) in [5, 5.41) is 33.5. The fourth-order valence-corrected chi connectivity index (χ4v) is 10.3. The van der Waals surface area contributed by atoms with Gasteiger partial charge in [0.15, 0.2) is 18.7 Å². The van der Waals surface area contributed by atoms with Crippen LogP contribution >= 0.6 is 11.3 Å². The summed E-state index contributed by atoms with van der Waals surface area (Å²) in [5.41, 5.74) is 5.63. The number of primary amides is 1. The van der Waals surface area contributed by atoms with Crippen LogP contribution in [0.1, 0.15) is 107 Å². The minimum absolute atomic E-state index is 0.0331. The number of nitrogens with one attached hydrogen (secondary N) is 1. The number of aliphatic hydroxyl groups excluding tert-OH is 1. The highest BCUT2D eigenvalue weighted by molar-refractivity contribution is 7.13. The number of esters is 1. The number of nitrogens with two attached hydrogens (primary N) is 2. The lowest BCUT2D eigenvalue weighted by molar-refractivity contribution is -0.296. The summed E-state index contributed by atoms with van der Waals surface area (Å²) in [4.78, 5) is 86.6. The number of anilines is 1. The average molecular weight is 1030 g/mol. The van der Waals surface area contributed by atoms with Crippen molar-refractivity contribution in [2.45, 2.75) is 173 Å². The van der Waals surface area contributed by atoms with E-state index in [2.05, 4.69) is 25.4 Å². The number of carbonyl (C=O) groups excluding carboxylic acids is 5. The summed E-state index contributed by atoms with van der Waals surface area (Å²) in [6.07, 6.45) is -5.16. The minimum Gasteiger partial charge on any atom is -0.457 e. The van der Waals surface area contributed by atoms with Crippen molar-refractivity contribution in [1.29, 1.82) is 0 Å². The molecule has 3 aliphatic rings. The Hall–Kier alpha value is -4.72. The third-order valence-corrected chi connectivity index (χ3v) is 14.6. The normalized spacial score (nSPS) is 34.7. The van der Waals surface area contributed by atoms with E-state index >= 15 is 4.39 Å². The molecule has 23 heteroatoms. The lowest BCUT2D eigenvalue weighted by Gasteiger charge is -2.47. The molecule has 5 heterocycles. The number of cyclic esters (lactones) is 1. The monoisotopic (exact) mass is 1030 g/mol. The molecule has 21 nitrogen and oxygen atoms in total. The predicted octanol–water partition coefficient (Wildman–Crippen LogP) is 3.65. The van der Waals surface area contributed by atoms with Crippen molar-refractivity contribution >= 4 is 58.1 Å². The number of aromatic nitrogens is 2. The highest BCUT2D eigenvalue weighted by Crippen LogP contribution is 2.41. The highest BCUT2D eigenvalue weighted by atomic mass is 32.1. The van der Waals surface area contributed by atoms with E-state index in [0.717, 1.165) is 6.92 Å². The number of halogens is 1. The first kappa shape index (κ1) is 58.2. The van der Waals surface area contributed by atoms with Crippen molar-refractivity contribution in [2.24, 2.45) is 39.4 Å². The molecule has 3 aliphatic heterocycles. The van der Waals surface area contributed by atoms with Gasteiger partial charge in [0, 0.05) is 53.6 Å². The molecule has 400 valence electrons. The number of pyridine rings is 1. The number of rotatable bonds is 14. The number of nitrogens with zero attached hydrogens (tertiary/aromatic N) is 5. The van der Waals surface area contributed by atoms with Crippen molar-refractivity contribution < 1.29 is 67.1 Å². The number of aliphatic hydroxyl groups is 2. The largest absolute Gasteiger partial charge is 0.457 e. The van der Waals surface area contributed by atoms with Gasteiger partial charge < -0.3 is 60.4 Å². The molecule has 0 saturated carbocycles. The van der Waals surface area contributed by atoms with Gasteiger partial charge in [-0.2, -0.15) is 0 Å². The predicted molar refractivity (Wildman–Crippen MR) is 264 cm³/mol. The summed E-state index contributed by atoms with van der Waals surface area (Å²) >= 11 is 1.26. The second kappa shape index (κ2) is 24.5. The van der Waals surface area contributed by atoms with E-state index in [1.165, 1.54) is 25.2 Å². The molecule has 2 aromatic heterocycles. The third-order valence-electron chi connectivity index (χ3n) is 13.7. The Morgan fingerprint density at radius 3 is 2.43 bits per heavy atom. The topological polar surface area (TPSA) is 299 Å². The van der Waals surface area contributed by atoms with Crippen LogP contribution in [-0.2, 0) is 59.1 Å². The van der Waals surface area contributed by atoms with Gasteiger partial charge in [-0.25, -0.2) is 19.2 Å². The van der Waals surface area contributed by atoms with E-state index in [1.54, 1.807) is 72.4 Å². The molecule has 3 saturated heterocycles. The van der Waals surface area contributed by atoms with Gasteiger partial charge in [-0.3, -0.25) is 24.2 Å². The Bertz CT molecular complexity index is 2300. The Balaban J connectivity index is 1.55. The SMILES string of the molecule is CCC(=O)N=C1[C@H](C)C[C@@]2(C)OC/C(=N/OCc3ccc(-c4nc(NC(=O)[C@@H](N)CCC(N)=O)cs4)cn3)CO[C@H]([C@H]1C)[C@](C)(O)[C@@H](CC)OC(=O)[C@@](C)(F)C(=O)[C@H](C)[C@H]2O[C@@H]1O[C@H](C)C[C@H](N(C)C)[C@H]1O. The summed E-state index contributed by atoms with van der Waals surface area (Å²) in [7, 11) is 3.60. The molecule has 0 aromatic carbocycles. The van der Waals surface area contributed by atoms with Crippen LogP contribution in [0.15, 0.2) is 33.9 Å². The number of fused-ring (bicyclic) bond motifs is 5. The maximum atomic E-state index is 17.0. The number of hydrogen-bond donors (Lipinski definition) is 5. The molecule has 2 bridgehead atoms. The van der Waals surface area contributed by atoms with Crippen LogP contribution in [0.4, 0.5) is 10.2 Å². The van der Waals surface area contributed by atoms with E-state index in [4.69, 9.17) is 40.0 Å². The lowest BCUT2D eigenvalue weighted by Crippen LogP contribution is -2.61. The summed E-state index contributed by atoms with van der Waals surface area (Å²) < 4.78 is 49.1. The summed E-state index contributed by atoms with van der Waals surface area (Å²) in [6.45, 7) is 13.0. The number of ether oxygens (including phenoxy) is 5. The fraction of sp³-hybridized carbons (Fsp3) is 0.694. The number of ketones is 1. The Morgan fingerprint density at radius 1 is 1.10 bits per heavy atom. The lowest BCUT2D eigenvalue weighted by atomic mass is 9.73. The summed E-state index contributed by atoms with van der Waals surface area (Å²) in [5.74, 6) is -7.03. The van der Waals surface area contributed by atoms with Gasteiger partial charge >= 0.3 is 5.97 Å². The van der Waals surface area contributed by atoms with Crippen LogP contribution in [0.5, 0.6) is 0 Å². The second-order valence-electron chi connectivity index (χ2n) is 19.9. The molecule has 5 rings (SSSR count). The zero-order valence-electron chi connectivity index (χ0n) is 43.1. The molecule has 2 aromatic rings. The molecule has 0 spiro atoms. The van der Waals surface area contributed by atoms with Gasteiger partial charge in [0.1, 0.15) is 34.3 Å². The molecule has 3 amide bonds. The Labute approximate surface area is 423 Å². The maximum Gasteiger partial charge on any atom is 0.351 e. The van der Waals surface area contributed by atoms with Gasteiger partial charge in [-0.05, 0) is 85.5 Å². The molecular formula is C49H73FN8O13S. The van der Waals surface area contributed by atoms with Crippen LogP contribution in [0.3, 0.4) is 0 Å². The van der Waals surface area contributed by atoms with Crippen molar-refractivity contribution in [1.82, 2.24) is 14.9 Å². The van der Waals surface area contributed by atoms with Crippen LogP contribution in [0.25, 0.3) is 10.6 Å². The van der Waals surface area contributed by atoms with Gasteiger partial charge in [0.25, 0.3) is 5.67 Å². The zero-order valence-corrected chi connectivity index (χ0v) is 43.9. The molecule has 3 fully saturated rings. The number of thiazole rings is 1. The molecule has 0 radical (unpaired) electrons. The van der Waals surface area contributed by atoms with Crippen molar-refractivity contribution in [3.8, 4) is 10.6 Å². The number of hydrogen-bond acceptors (Lipinski definition) is 19. The van der Waals surface area contributed by atoms with Crippen molar-refractivity contribution in [3.05, 3.63) is 29.4 Å². The fourth-order valence-electron chi connectivity index (χ4n) is 9.59. The zero-order chi connectivity index (χ0) is 53.5. The van der Waals surface area contributed by atoms with Crippen molar-refractivity contribution in [3.63, 3.8) is 0 Å². The first-order chi connectivity index (χ1) is 33.7. The Morgan fingerprint density at radius 2 is 1.81 bits per heavy atom. The quantitative estimate of drug-likeness (QED) is 0.102. The first-order valence-corrected chi connectivity index (χ1v) is 25.2. The third kappa shape index (κ3) is 13.9. The number of carbonyl (C=O) groups is 5. The molecule has 0 aliphatic carbocycles. The van der Waals surface area contributed by atoms with E-state index in [0.29, 0.717) is 28.4 Å². The molecule has 14 atom stereocenters. The van der Waals surface area contributed by atoms with Gasteiger partial charge in [0.2, 0.25) is 17.7 Å². The van der Waals surface area contributed by atoms with Gasteiger partial charge in [0.05, 0.1) is 48.9 Å². The number of aliphatic imine (C=N–C) groups is 1. The number of amides is 3. The highest BCUT2D eigenvalue weighted by Gasteiger charge is 2.57. The summed E-state index contributed by atoms with van der Waals surface area (Å²) in [6, 6.07) is 2.06. The number of oxime groups is 1. The van der Waals surface area contributed by atoms with E-state index in [-0.39, 0.29) is 63.5 Å². The average Bonchev–Trinajstić information content (AvgIpc) is 3.79. The van der Waals surface area contributed by atoms with Crippen LogP contribution in [0.2, 0.25) is 0 Å². The minimum atomic E-state index is -3.26. The Kier molecular flexibility index (Phi) is 19.8. The molecule has 0 unspecified atom stereocenters. The second-order valence-corrected chi connectivity index (χ2v) is 20.8. The van der Waals surface area contributed by atoms with E-state index < -0.39 is 113 Å². The number of likely N-dealkylation sites (N-methyl/N-ethyl adjacent to an activating group) is 1. The van der Waals surface area contributed by atoms with Crippen LogP contribution in [0, 0.1) is 17.8 Å². The van der Waals surface area contributed by atoms with Crippen molar-refractivity contribution in [2.75, 3.05) is 32.6 Å². The maximum absolute atomic E-state index is 17.0. The van der Waals surface area contributed by atoms with E-state index in [9.17, 15) is 34.2 Å². The van der Waals surface area contributed by atoms with Crippen LogP contribution in [-0.4, -0.2) is 159 Å². The smallest absolute Gasteiger partial charge is 0.351 e. The van der Waals surface area contributed by atoms with Crippen LogP contribution < -0.4 is 16.8 Å². The standard InChI is InChI=1S/C49H73FN8O13S/c1-12-34-49(9,65)42-27(5)38(56-37(60)13-2)25(3)19-47(7,41(28(6)40(62)48(8,50)46(64)70-34)71-45-39(61)33(58(10)11)18-26(4)69-45)67-22-31(21-66-42)57-68-23-30-15-14-29(20-53-30)44-55-36(24-72-44)54-43(63)32(51)16-17-35(52)59/h14-15,20,24-28,32-34,39,41-42,45,61,65H,12-13,16-19,21-23,51H2,1-11H3,(H2,52,59)(H,54,63)/b56-38?,57-31+/t25-,26-,27+,28+,32+,33+,34-,39-,41-,42-,45+,47-,48+,49-/m1/s1. The van der Waals surface area contributed by atoms with Gasteiger partial charge in [-0.1, -0.05) is 39.8 Å². The number of Topliss-reactive ketones (excluding diaryl/α,β-unsaturated/α-hetero) is 1. The molecular weight excluding hydrogens is 960 g/mol.